The lowest BCUT2D eigenvalue weighted by molar-refractivity contribution is 0.101. The van der Waals surface area contributed by atoms with Crippen molar-refractivity contribution in [3.63, 3.8) is 0 Å². The summed E-state index contributed by atoms with van der Waals surface area (Å²) < 4.78 is 5.10. The van der Waals surface area contributed by atoms with Crippen LogP contribution in [-0.2, 0) is 0 Å². The van der Waals surface area contributed by atoms with Crippen molar-refractivity contribution < 1.29 is 14.3 Å². The minimum absolute atomic E-state index is 0.0182. The Hall–Kier alpha value is -3.89. The Kier molecular flexibility index (Phi) is 7.42. The molecule has 2 amide bonds. The fourth-order valence-electron chi connectivity index (χ4n) is 3.02. The average molecular weight is 449 g/mol. The number of hydrogen-bond acceptors (Lipinski definition) is 5. The second-order valence-electron chi connectivity index (χ2n) is 7.11. The molecule has 3 aromatic rings. The molecule has 0 aliphatic rings. The van der Waals surface area contributed by atoms with Crippen molar-refractivity contribution >= 4 is 34.8 Å². The molecule has 1 atom stereocenters. The average Bonchev–Trinajstić information content (AvgIpc) is 2.80. The van der Waals surface area contributed by atoms with Crippen LogP contribution in [0, 0.1) is 11.3 Å². The van der Waals surface area contributed by atoms with E-state index < -0.39 is 5.91 Å². The van der Waals surface area contributed by atoms with Gasteiger partial charge in [-0.1, -0.05) is 30.7 Å². The van der Waals surface area contributed by atoms with E-state index in [1.807, 2.05) is 13.0 Å². The molecule has 0 saturated heterocycles. The van der Waals surface area contributed by atoms with Crippen LogP contribution in [0.4, 0.5) is 11.4 Å². The summed E-state index contributed by atoms with van der Waals surface area (Å²) in [6, 6.07) is 15.6. The minimum atomic E-state index is -0.450. The summed E-state index contributed by atoms with van der Waals surface area (Å²) in [6.07, 6.45) is 3.37. The minimum Gasteiger partial charge on any atom is -0.495 e. The summed E-state index contributed by atoms with van der Waals surface area (Å²) in [5, 5.41) is 14.6. The molecule has 0 aliphatic heterocycles. The summed E-state index contributed by atoms with van der Waals surface area (Å²) in [5.41, 5.74) is 2.42. The highest BCUT2D eigenvalue weighted by Crippen LogP contribution is 2.24. The van der Waals surface area contributed by atoms with Crippen molar-refractivity contribution in [3.05, 3.63) is 82.6 Å². The number of benzene rings is 2. The van der Waals surface area contributed by atoms with Crippen molar-refractivity contribution in [2.24, 2.45) is 0 Å². The number of hydrogen-bond donors (Lipinski definition) is 2. The van der Waals surface area contributed by atoms with Crippen LogP contribution < -0.4 is 15.4 Å². The van der Waals surface area contributed by atoms with Gasteiger partial charge in [0.15, 0.2) is 0 Å². The summed E-state index contributed by atoms with van der Waals surface area (Å²) in [7, 11) is 1.51. The lowest BCUT2D eigenvalue weighted by atomic mass is 9.96. The van der Waals surface area contributed by atoms with E-state index in [4.69, 9.17) is 21.6 Å². The van der Waals surface area contributed by atoms with Crippen LogP contribution in [0.25, 0.3) is 0 Å². The number of ether oxygens (including phenoxy) is 1. The number of nitrogens with zero attached hydrogens (tertiary/aromatic N) is 2. The van der Waals surface area contributed by atoms with E-state index in [0.717, 1.165) is 5.56 Å². The zero-order valence-electron chi connectivity index (χ0n) is 17.6. The van der Waals surface area contributed by atoms with Crippen molar-refractivity contribution in [3.8, 4) is 11.8 Å². The highest BCUT2D eigenvalue weighted by Gasteiger charge is 2.15. The Labute approximate surface area is 191 Å². The van der Waals surface area contributed by atoms with Gasteiger partial charge in [0.2, 0.25) is 0 Å². The van der Waals surface area contributed by atoms with E-state index >= 15 is 0 Å². The van der Waals surface area contributed by atoms with Crippen LogP contribution in [0.15, 0.2) is 60.9 Å². The summed E-state index contributed by atoms with van der Waals surface area (Å²) in [5.74, 6) is -0.263. The Balaban J connectivity index is 1.77. The maximum absolute atomic E-state index is 12.7. The van der Waals surface area contributed by atoms with Crippen LogP contribution in [-0.4, -0.2) is 23.9 Å². The molecule has 0 bridgehead atoms. The lowest BCUT2D eigenvalue weighted by Crippen LogP contribution is -2.15. The van der Waals surface area contributed by atoms with Gasteiger partial charge in [0.05, 0.1) is 41.8 Å². The number of carbonyl (C=O) groups is 2. The van der Waals surface area contributed by atoms with Gasteiger partial charge in [-0.15, -0.1) is 0 Å². The summed E-state index contributed by atoms with van der Waals surface area (Å²) >= 11 is 6.21. The van der Waals surface area contributed by atoms with E-state index in [9.17, 15) is 9.59 Å². The summed E-state index contributed by atoms with van der Waals surface area (Å²) in [4.78, 5) is 29.5. The Morgan fingerprint density at radius 2 is 1.88 bits per heavy atom. The molecule has 1 aromatic heterocycles. The van der Waals surface area contributed by atoms with Crippen LogP contribution >= 0.6 is 11.6 Å². The molecule has 7 nitrogen and oxygen atoms in total. The first-order valence-corrected chi connectivity index (χ1v) is 10.2. The van der Waals surface area contributed by atoms with Gasteiger partial charge in [-0.05, 0) is 41.8 Å². The maximum atomic E-state index is 12.7. The van der Waals surface area contributed by atoms with E-state index in [0.29, 0.717) is 29.1 Å². The van der Waals surface area contributed by atoms with E-state index in [-0.39, 0.29) is 22.4 Å². The van der Waals surface area contributed by atoms with Gasteiger partial charge in [-0.25, -0.2) is 0 Å². The Morgan fingerprint density at radius 3 is 2.62 bits per heavy atom. The number of rotatable bonds is 7. The lowest BCUT2D eigenvalue weighted by Gasteiger charge is -2.12. The van der Waals surface area contributed by atoms with Crippen LogP contribution in [0.1, 0.15) is 45.5 Å². The third kappa shape index (κ3) is 5.62. The molecule has 0 radical (unpaired) electrons. The third-order valence-electron chi connectivity index (χ3n) is 4.79. The standard InChI is InChI=1S/C24H21ClN4O3/c1-15(8-9-26)16-4-3-5-17(10-16)23(30)28-18-6-7-22(25)21(12-18)24(31)29-19-11-20(32-2)14-27-13-19/h3-7,10-15H,8H2,1-2H3,(H,28,30)(H,29,31). The third-order valence-corrected chi connectivity index (χ3v) is 5.12. The molecule has 0 saturated carbocycles. The first-order valence-electron chi connectivity index (χ1n) is 9.79. The highest BCUT2D eigenvalue weighted by molar-refractivity contribution is 6.34. The van der Waals surface area contributed by atoms with Gasteiger partial charge >= 0.3 is 0 Å². The van der Waals surface area contributed by atoms with E-state index in [1.54, 1.807) is 36.4 Å². The molecule has 0 spiro atoms. The fourth-order valence-corrected chi connectivity index (χ4v) is 3.22. The van der Waals surface area contributed by atoms with Crippen LogP contribution in [0.5, 0.6) is 5.75 Å². The number of nitrogens with one attached hydrogen (secondary N) is 2. The molecule has 0 fully saturated rings. The molecule has 8 heteroatoms. The number of pyridine rings is 1. The predicted octanol–water partition coefficient (Wildman–Crippen LogP) is 5.27. The molecule has 162 valence electrons. The zero-order chi connectivity index (χ0) is 23.1. The Bertz CT molecular complexity index is 1190. The molecule has 1 unspecified atom stereocenters. The molecule has 1 heterocycles. The van der Waals surface area contributed by atoms with Gasteiger partial charge in [0, 0.05) is 23.7 Å². The first kappa shape index (κ1) is 22.8. The Morgan fingerprint density at radius 1 is 1.09 bits per heavy atom. The highest BCUT2D eigenvalue weighted by atomic mass is 35.5. The quantitative estimate of drug-likeness (QED) is 0.512. The number of amides is 2. The molecule has 0 aliphatic carbocycles. The molecular weight excluding hydrogens is 428 g/mol. The van der Waals surface area contributed by atoms with Crippen molar-refractivity contribution in [1.29, 1.82) is 5.26 Å². The molecular formula is C24H21ClN4O3. The number of carbonyl (C=O) groups excluding carboxylic acids is 2. The zero-order valence-corrected chi connectivity index (χ0v) is 18.3. The first-order chi connectivity index (χ1) is 15.4. The number of methoxy groups -OCH3 is 1. The van der Waals surface area contributed by atoms with Gasteiger partial charge < -0.3 is 15.4 Å². The van der Waals surface area contributed by atoms with Gasteiger partial charge in [-0.3, -0.25) is 14.6 Å². The van der Waals surface area contributed by atoms with Gasteiger partial charge in [0.25, 0.3) is 11.8 Å². The number of nitriles is 1. The van der Waals surface area contributed by atoms with Crippen molar-refractivity contribution in [2.75, 3.05) is 17.7 Å². The second kappa shape index (κ2) is 10.4. The number of halogens is 1. The van der Waals surface area contributed by atoms with E-state index in [2.05, 4.69) is 21.7 Å². The van der Waals surface area contributed by atoms with Crippen molar-refractivity contribution in [1.82, 2.24) is 4.98 Å². The SMILES string of the molecule is COc1cncc(NC(=O)c2cc(NC(=O)c3cccc(C(C)CC#N)c3)ccc2Cl)c1. The summed E-state index contributed by atoms with van der Waals surface area (Å²) in [6.45, 7) is 1.93. The molecule has 32 heavy (non-hydrogen) atoms. The van der Waals surface area contributed by atoms with Crippen LogP contribution in [0.2, 0.25) is 5.02 Å². The maximum Gasteiger partial charge on any atom is 0.257 e. The fraction of sp³-hybridized carbons (Fsp3) is 0.167. The number of aromatic nitrogens is 1. The molecule has 2 N–H and O–H groups in total. The molecule has 3 rings (SSSR count). The smallest absolute Gasteiger partial charge is 0.257 e. The topological polar surface area (TPSA) is 104 Å². The monoisotopic (exact) mass is 448 g/mol. The van der Waals surface area contributed by atoms with Crippen molar-refractivity contribution in [2.45, 2.75) is 19.3 Å². The number of anilines is 2. The second-order valence-corrected chi connectivity index (χ2v) is 7.51. The van der Waals surface area contributed by atoms with E-state index in [1.165, 1.54) is 25.6 Å². The normalized spacial score (nSPS) is 11.2. The predicted molar refractivity (Wildman–Crippen MR) is 123 cm³/mol. The largest absolute Gasteiger partial charge is 0.495 e. The van der Waals surface area contributed by atoms with Crippen LogP contribution in [0.3, 0.4) is 0 Å². The molecule has 2 aromatic carbocycles. The van der Waals surface area contributed by atoms with Gasteiger partial charge in [-0.2, -0.15) is 5.26 Å². The van der Waals surface area contributed by atoms with Gasteiger partial charge in [0.1, 0.15) is 5.75 Å².